The quantitative estimate of drug-likeness (QED) is 0.530. The van der Waals surface area contributed by atoms with Crippen molar-refractivity contribution in [3.8, 4) is 11.8 Å². The highest BCUT2D eigenvalue weighted by atomic mass is 35.5. The summed E-state index contributed by atoms with van der Waals surface area (Å²) in [5, 5.41) is 0. The summed E-state index contributed by atoms with van der Waals surface area (Å²) in [5.74, 6) is 7.34. The number of rotatable bonds is 1. The van der Waals surface area contributed by atoms with Crippen LogP contribution in [0.15, 0.2) is 60.7 Å². The van der Waals surface area contributed by atoms with Crippen LogP contribution in [0.25, 0.3) is 0 Å². The van der Waals surface area contributed by atoms with Gasteiger partial charge in [0.25, 0.3) is 0 Å². The maximum atomic E-state index is 5.05. The molecule has 92 valence electrons. The first-order valence-corrected chi connectivity index (χ1v) is 6.67. The molecule has 0 amide bonds. The molecule has 0 fully saturated rings. The molecule has 0 spiro atoms. The van der Waals surface area contributed by atoms with Crippen molar-refractivity contribution in [3.05, 3.63) is 71.8 Å². The van der Waals surface area contributed by atoms with Gasteiger partial charge in [-0.25, -0.2) is 0 Å². The zero-order valence-corrected chi connectivity index (χ0v) is 11.5. The Hall–Kier alpha value is -1.42. The standard InChI is InChI=1S/C14H10.C2H4Cl2/c1-3-7-13(8-4-1)11-12-14-9-5-2-6-10-14;3-1-2-4/h1-10H;1-2H2. The van der Waals surface area contributed by atoms with Crippen molar-refractivity contribution in [1.29, 1.82) is 0 Å². The van der Waals surface area contributed by atoms with Crippen LogP contribution in [0, 0.1) is 11.8 Å². The first kappa shape index (κ1) is 14.6. The molecule has 0 saturated heterocycles. The van der Waals surface area contributed by atoms with E-state index in [1.54, 1.807) is 0 Å². The summed E-state index contributed by atoms with van der Waals surface area (Å²) in [6.07, 6.45) is 0. The Morgan fingerprint density at radius 2 is 0.944 bits per heavy atom. The van der Waals surface area contributed by atoms with Crippen LogP contribution in [0.5, 0.6) is 0 Å². The highest BCUT2D eigenvalue weighted by Gasteiger charge is 1.83. The normalized spacial score (nSPS) is 8.56. The maximum Gasteiger partial charge on any atom is 0.0359 e. The molecule has 0 heterocycles. The van der Waals surface area contributed by atoms with Gasteiger partial charge < -0.3 is 0 Å². The summed E-state index contributed by atoms with van der Waals surface area (Å²) >= 11 is 10.1. The Kier molecular flexibility index (Phi) is 7.80. The molecule has 2 heteroatoms. The fourth-order valence-electron chi connectivity index (χ4n) is 1.19. The van der Waals surface area contributed by atoms with E-state index in [-0.39, 0.29) is 0 Å². The molecule has 0 saturated carbocycles. The summed E-state index contributed by atoms with van der Waals surface area (Å²) in [6.45, 7) is 0. The van der Waals surface area contributed by atoms with E-state index in [1.807, 2.05) is 60.7 Å². The SMILES string of the molecule is C(#Cc1ccccc1)c1ccccc1.ClCCCl. The van der Waals surface area contributed by atoms with Crippen LogP contribution in [0.4, 0.5) is 0 Å². The lowest BCUT2D eigenvalue weighted by Crippen LogP contribution is -1.73. The van der Waals surface area contributed by atoms with E-state index in [0.717, 1.165) is 11.1 Å². The van der Waals surface area contributed by atoms with Gasteiger partial charge >= 0.3 is 0 Å². The molecule has 0 nitrogen and oxygen atoms in total. The van der Waals surface area contributed by atoms with Crippen LogP contribution in [-0.2, 0) is 0 Å². The van der Waals surface area contributed by atoms with Crippen LogP contribution >= 0.6 is 23.2 Å². The molecule has 0 aliphatic carbocycles. The molecule has 0 N–H and O–H groups in total. The average Bonchev–Trinajstić information content (AvgIpc) is 2.47. The van der Waals surface area contributed by atoms with Crippen LogP contribution in [-0.4, -0.2) is 11.8 Å². The first-order valence-electron chi connectivity index (χ1n) is 5.61. The molecule has 0 aliphatic rings. The van der Waals surface area contributed by atoms with Gasteiger partial charge in [0, 0.05) is 22.9 Å². The Morgan fingerprint density at radius 3 is 1.22 bits per heavy atom. The molecule has 0 radical (unpaired) electrons. The molecule has 0 atom stereocenters. The van der Waals surface area contributed by atoms with Gasteiger partial charge in [0.2, 0.25) is 0 Å². The maximum absolute atomic E-state index is 5.05. The zero-order chi connectivity index (χ0) is 13.1. The summed E-state index contributed by atoms with van der Waals surface area (Å²) in [5.41, 5.74) is 2.10. The second-order valence-electron chi connectivity index (χ2n) is 3.36. The second kappa shape index (κ2) is 9.59. The molecule has 0 aromatic heterocycles. The van der Waals surface area contributed by atoms with Crippen molar-refractivity contribution in [2.24, 2.45) is 0 Å². The summed E-state index contributed by atoms with van der Waals surface area (Å²) in [6, 6.07) is 20.0. The molecule has 0 bridgehead atoms. The first-order chi connectivity index (χ1) is 8.86. The monoisotopic (exact) mass is 276 g/mol. The van der Waals surface area contributed by atoms with Gasteiger partial charge in [0.05, 0.1) is 0 Å². The third kappa shape index (κ3) is 6.35. The van der Waals surface area contributed by atoms with Gasteiger partial charge in [0.15, 0.2) is 0 Å². The molecule has 0 unspecified atom stereocenters. The van der Waals surface area contributed by atoms with Crippen molar-refractivity contribution in [2.75, 3.05) is 11.8 Å². The minimum atomic E-state index is 0.557. The highest BCUT2D eigenvalue weighted by Crippen LogP contribution is 1.98. The van der Waals surface area contributed by atoms with Gasteiger partial charge in [-0.2, -0.15) is 0 Å². The van der Waals surface area contributed by atoms with Gasteiger partial charge in [-0.15, -0.1) is 23.2 Å². The number of halogens is 2. The Labute approximate surface area is 119 Å². The molecule has 2 rings (SSSR count). The number of alkyl halides is 2. The molecular formula is C16H14Cl2. The predicted molar refractivity (Wildman–Crippen MR) is 80.3 cm³/mol. The lowest BCUT2D eigenvalue weighted by molar-refractivity contribution is 1.52. The van der Waals surface area contributed by atoms with Crippen LogP contribution in [0.3, 0.4) is 0 Å². The van der Waals surface area contributed by atoms with Crippen molar-refractivity contribution in [3.63, 3.8) is 0 Å². The molecule has 18 heavy (non-hydrogen) atoms. The number of hydrogen-bond acceptors (Lipinski definition) is 0. The molecule has 0 aliphatic heterocycles. The Balaban J connectivity index is 0.000000357. The van der Waals surface area contributed by atoms with Crippen LogP contribution < -0.4 is 0 Å². The number of hydrogen-bond donors (Lipinski definition) is 0. The van der Waals surface area contributed by atoms with E-state index in [4.69, 9.17) is 23.2 Å². The van der Waals surface area contributed by atoms with Crippen molar-refractivity contribution >= 4 is 23.2 Å². The van der Waals surface area contributed by atoms with Gasteiger partial charge in [0.1, 0.15) is 0 Å². The van der Waals surface area contributed by atoms with E-state index < -0.39 is 0 Å². The van der Waals surface area contributed by atoms with Crippen LogP contribution in [0.1, 0.15) is 11.1 Å². The van der Waals surface area contributed by atoms with Gasteiger partial charge in [-0.05, 0) is 24.3 Å². The third-order valence-electron chi connectivity index (χ3n) is 1.97. The Bertz CT molecular complexity index is 435. The topological polar surface area (TPSA) is 0 Å². The predicted octanol–water partition coefficient (Wildman–Crippen LogP) is 4.55. The lowest BCUT2D eigenvalue weighted by atomic mass is 10.2. The van der Waals surface area contributed by atoms with Crippen LogP contribution in [0.2, 0.25) is 0 Å². The molecule has 2 aromatic carbocycles. The van der Waals surface area contributed by atoms with E-state index in [9.17, 15) is 0 Å². The van der Waals surface area contributed by atoms with Crippen molar-refractivity contribution in [2.45, 2.75) is 0 Å². The molecular weight excluding hydrogens is 263 g/mol. The van der Waals surface area contributed by atoms with Gasteiger partial charge in [-0.1, -0.05) is 48.2 Å². The van der Waals surface area contributed by atoms with E-state index in [0.29, 0.717) is 11.8 Å². The fraction of sp³-hybridized carbons (Fsp3) is 0.125. The smallest absolute Gasteiger partial charge is 0.0359 e. The van der Waals surface area contributed by atoms with Crippen molar-refractivity contribution in [1.82, 2.24) is 0 Å². The third-order valence-corrected chi connectivity index (χ3v) is 2.54. The van der Waals surface area contributed by atoms with Crippen molar-refractivity contribution < 1.29 is 0 Å². The Morgan fingerprint density at radius 1 is 0.611 bits per heavy atom. The van der Waals surface area contributed by atoms with E-state index in [1.165, 1.54) is 0 Å². The van der Waals surface area contributed by atoms with E-state index >= 15 is 0 Å². The number of benzene rings is 2. The largest absolute Gasteiger partial charge is 0.125 e. The fourth-order valence-corrected chi connectivity index (χ4v) is 1.19. The molecule has 2 aromatic rings. The minimum absolute atomic E-state index is 0.557. The van der Waals surface area contributed by atoms with E-state index in [2.05, 4.69) is 11.8 Å². The zero-order valence-electron chi connectivity index (χ0n) is 9.94. The summed E-state index contributed by atoms with van der Waals surface area (Å²) in [7, 11) is 0. The van der Waals surface area contributed by atoms with Gasteiger partial charge in [-0.3, -0.25) is 0 Å². The average molecular weight is 277 g/mol. The summed E-state index contributed by atoms with van der Waals surface area (Å²) < 4.78 is 0. The summed E-state index contributed by atoms with van der Waals surface area (Å²) in [4.78, 5) is 0. The lowest BCUT2D eigenvalue weighted by Gasteiger charge is -1.88. The minimum Gasteiger partial charge on any atom is -0.125 e. The highest BCUT2D eigenvalue weighted by molar-refractivity contribution is 6.25. The second-order valence-corrected chi connectivity index (χ2v) is 4.12.